The van der Waals surface area contributed by atoms with Gasteiger partial charge in [0.05, 0.1) is 0 Å². The van der Waals surface area contributed by atoms with Crippen LogP contribution in [-0.4, -0.2) is 5.11 Å². The average Bonchev–Trinajstić information content (AvgIpc) is 2.85. The molecule has 5 aromatic carbocycles. The van der Waals surface area contributed by atoms with Gasteiger partial charge in [0.1, 0.15) is 11.4 Å². The third kappa shape index (κ3) is 3.44. The molecule has 0 aliphatic rings. The maximum Gasteiger partial charge on any atom is 0.141 e. The summed E-state index contributed by atoms with van der Waals surface area (Å²) in [6.07, 6.45) is 0. The standard InChI is InChI=1S/C29H20BrFO/c30-22-15-16-25(24-17-18-28(31)26-14-8-7-13-23(24)26)27(19-22)29(32,20-9-3-1-4-10-20)21-11-5-2-6-12-21/h1-19,32H. The SMILES string of the molecule is OC(c1ccccc1)(c1ccccc1)c1cc(Br)ccc1-c1ccc(F)c2ccccc12. The van der Waals surface area contributed by atoms with E-state index in [0.717, 1.165) is 37.7 Å². The number of rotatable bonds is 4. The van der Waals surface area contributed by atoms with E-state index < -0.39 is 5.60 Å². The van der Waals surface area contributed by atoms with Crippen molar-refractivity contribution in [3.8, 4) is 11.1 Å². The molecule has 5 rings (SSSR count). The van der Waals surface area contributed by atoms with Gasteiger partial charge in [-0.3, -0.25) is 0 Å². The Bertz CT molecular complexity index is 1360. The molecule has 1 nitrogen and oxygen atoms in total. The van der Waals surface area contributed by atoms with Crippen molar-refractivity contribution in [2.75, 3.05) is 0 Å². The summed E-state index contributed by atoms with van der Waals surface area (Å²) in [4.78, 5) is 0. The molecule has 0 aromatic heterocycles. The Balaban J connectivity index is 1.87. The van der Waals surface area contributed by atoms with E-state index >= 15 is 0 Å². The van der Waals surface area contributed by atoms with Gasteiger partial charge in [-0.05, 0) is 45.8 Å². The summed E-state index contributed by atoms with van der Waals surface area (Å²) in [6, 6.07) is 35.9. The lowest BCUT2D eigenvalue weighted by Gasteiger charge is -2.32. The van der Waals surface area contributed by atoms with Gasteiger partial charge in [-0.15, -0.1) is 0 Å². The van der Waals surface area contributed by atoms with Gasteiger partial charge >= 0.3 is 0 Å². The second-order valence-corrected chi connectivity index (χ2v) is 8.69. The summed E-state index contributed by atoms with van der Waals surface area (Å²) in [5.74, 6) is -0.260. The summed E-state index contributed by atoms with van der Waals surface area (Å²) < 4.78 is 15.4. The highest BCUT2D eigenvalue weighted by Crippen LogP contribution is 2.44. The van der Waals surface area contributed by atoms with Gasteiger partial charge < -0.3 is 5.11 Å². The largest absolute Gasteiger partial charge is 0.376 e. The summed E-state index contributed by atoms with van der Waals surface area (Å²) >= 11 is 3.60. The molecule has 0 heterocycles. The highest BCUT2D eigenvalue weighted by Gasteiger charge is 2.36. The Hall–Kier alpha value is -3.27. The quantitative estimate of drug-likeness (QED) is 0.260. The van der Waals surface area contributed by atoms with E-state index in [0.29, 0.717) is 5.39 Å². The van der Waals surface area contributed by atoms with Crippen LogP contribution in [0.25, 0.3) is 21.9 Å². The van der Waals surface area contributed by atoms with Gasteiger partial charge in [-0.1, -0.05) is 113 Å². The van der Waals surface area contributed by atoms with Crippen LogP contribution < -0.4 is 0 Å². The number of benzene rings is 5. The normalized spacial score (nSPS) is 11.6. The summed E-state index contributed by atoms with van der Waals surface area (Å²) in [7, 11) is 0. The number of aliphatic hydroxyl groups is 1. The van der Waals surface area contributed by atoms with Gasteiger partial charge in [0.15, 0.2) is 0 Å². The molecule has 3 heteroatoms. The van der Waals surface area contributed by atoms with Crippen molar-refractivity contribution >= 4 is 26.7 Å². The number of halogens is 2. The van der Waals surface area contributed by atoms with Gasteiger partial charge in [0, 0.05) is 15.4 Å². The molecule has 0 spiro atoms. The van der Waals surface area contributed by atoms with E-state index in [1.165, 1.54) is 6.07 Å². The molecule has 0 atom stereocenters. The Morgan fingerprint density at radius 3 is 1.75 bits per heavy atom. The molecule has 0 saturated heterocycles. The van der Waals surface area contributed by atoms with Crippen LogP contribution in [0.3, 0.4) is 0 Å². The van der Waals surface area contributed by atoms with Crippen LogP contribution in [0.2, 0.25) is 0 Å². The van der Waals surface area contributed by atoms with Crippen LogP contribution in [-0.2, 0) is 5.60 Å². The Morgan fingerprint density at radius 1 is 0.594 bits per heavy atom. The van der Waals surface area contributed by atoms with Gasteiger partial charge in [-0.25, -0.2) is 4.39 Å². The zero-order chi connectivity index (χ0) is 22.1. The van der Waals surface area contributed by atoms with Crippen molar-refractivity contribution in [3.05, 3.63) is 142 Å². The lowest BCUT2D eigenvalue weighted by Crippen LogP contribution is -2.29. The fourth-order valence-electron chi connectivity index (χ4n) is 4.38. The molecule has 0 aliphatic carbocycles. The summed E-state index contributed by atoms with van der Waals surface area (Å²) in [6.45, 7) is 0. The molecule has 32 heavy (non-hydrogen) atoms. The van der Waals surface area contributed by atoms with Crippen molar-refractivity contribution in [2.45, 2.75) is 5.60 Å². The van der Waals surface area contributed by atoms with Crippen LogP contribution in [0.15, 0.2) is 120 Å². The first-order chi connectivity index (χ1) is 15.6. The molecule has 0 radical (unpaired) electrons. The fourth-order valence-corrected chi connectivity index (χ4v) is 4.75. The van der Waals surface area contributed by atoms with Crippen molar-refractivity contribution in [2.24, 2.45) is 0 Å². The van der Waals surface area contributed by atoms with Crippen LogP contribution in [0.4, 0.5) is 4.39 Å². The van der Waals surface area contributed by atoms with Gasteiger partial charge in [0.25, 0.3) is 0 Å². The first-order valence-electron chi connectivity index (χ1n) is 10.4. The molecule has 0 amide bonds. The lowest BCUT2D eigenvalue weighted by molar-refractivity contribution is 0.126. The molecule has 156 valence electrons. The summed E-state index contributed by atoms with van der Waals surface area (Å²) in [5.41, 5.74) is 2.56. The molecule has 0 aliphatic heterocycles. The molecule has 0 unspecified atom stereocenters. The number of hydrogen-bond donors (Lipinski definition) is 1. The fraction of sp³-hybridized carbons (Fsp3) is 0.0345. The predicted octanol–water partition coefficient (Wildman–Crippen LogP) is 7.69. The van der Waals surface area contributed by atoms with E-state index in [-0.39, 0.29) is 5.82 Å². The second kappa shape index (κ2) is 8.34. The monoisotopic (exact) mass is 482 g/mol. The minimum Gasteiger partial charge on any atom is -0.376 e. The summed E-state index contributed by atoms with van der Waals surface area (Å²) in [5, 5.41) is 13.8. The minimum absolute atomic E-state index is 0.260. The van der Waals surface area contributed by atoms with Crippen LogP contribution >= 0.6 is 15.9 Å². The van der Waals surface area contributed by atoms with E-state index in [4.69, 9.17) is 0 Å². The Morgan fingerprint density at radius 2 is 1.12 bits per heavy atom. The van der Waals surface area contributed by atoms with Crippen molar-refractivity contribution in [3.63, 3.8) is 0 Å². The third-order valence-electron chi connectivity index (χ3n) is 5.92. The van der Waals surface area contributed by atoms with E-state index in [1.54, 1.807) is 12.1 Å². The molecule has 0 saturated carbocycles. The smallest absolute Gasteiger partial charge is 0.141 e. The maximum absolute atomic E-state index is 14.6. The van der Waals surface area contributed by atoms with Gasteiger partial charge in [0.2, 0.25) is 0 Å². The van der Waals surface area contributed by atoms with Crippen LogP contribution in [0.1, 0.15) is 16.7 Å². The van der Waals surface area contributed by atoms with Crippen LogP contribution in [0, 0.1) is 5.82 Å². The zero-order valence-electron chi connectivity index (χ0n) is 17.2. The van der Waals surface area contributed by atoms with Crippen molar-refractivity contribution in [1.29, 1.82) is 0 Å². The van der Waals surface area contributed by atoms with Crippen molar-refractivity contribution in [1.82, 2.24) is 0 Å². The second-order valence-electron chi connectivity index (χ2n) is 7.77. The van der Waals surface area contributed by atoms with E-state index in [2.05, 4.69) is 15.9 Å². The highest BCUT2D eigenvalue weighted by atomic mass is 79.9. The van der Waals surface area contributed by atoms with E-state index in [1.807, 2.05) is 97.1 Å². The van der Waals surface area contributed by atoms with Gasteiger partial charge in [-0.2, -0.15) is 0 Å². The van der Waals surface area contributed by atoms with E-state index in [9.17, 15) is 9.50 Å². The molecule has 1 N–H and O–H groups in total. The molecular weight excluding hydrogens is 463 g/mol. The van der Waals surface area contributed by atoms with Crippen molar-refractivity contribution < 1.29 is 9.50 Å². The zero-order valence-corrected chi connectivity index (χ0v) is 18.8. The number of fused-ring (bicyclic) bond motifs is 1. The topological polar surface area (TPSA) is 20.2 Å². The molecule has 0 fully saturated rings. The Kier molecular flexibility index (Phi) is 5.38. The Labute approximate surface area is 194 Å². The molecular formula is C29H20BrFO. The third-order valence-corrected chi connectivity index (χ3v) is 6.41. The first-order valence-corrected chi connectivity index (χ1v) is 11.2. The number of hydrogen-bond acceptors (Lipinski definition) is 1. The highest BCUT2D eigenvalue weighted by molar-refractivity contribution is 9.10. The molecule has 0 bridgehead atoms. The van der Waals surface area contributed by atoms with Crippen LogP contribution in [0.5, 0.6) is 0 Å². The predicted molar refractivity (Wildman–Crippen MR) is 132 cm³/mol. The average molecular weight is 483 g/mol. The lowest BCUT2D eigenvalue weighted by atomic mass is 9.77. The minimum atomic E-state index is -1.41. The first kappa shape index (κ1) is 20.6. The molecule has 5 aromatic rings. The maximum atomic E-state index is 14.6.